The molecule has 0 aliphatic rings. The number of rotatable bonds is 4. The standard InChI is InChI=1S/C16H17NO2/c1-3-19-15-11-7-5-9-13(15)16(18)17-14-10-6-4-8-12(14)2/h4-11H,3H2,1-2H3,(H,17,18). The lowest BCUT2D eigenvalue weighted by Gasteiger charge is -2.11. The Morgan fingerprint density at radius 1 is 1.11 bits per heavy atom. The van der Waals surface area contributed by atoms with Crippen LogP contribution in [0.15, 0.2) is 48.5 Å². The minimum atomic E-state index is -0.154. The molecule has 2 aromatic carbocycles. The Morgan fingerprint density at radius 3 is 2.53 bits per heavy atom. The maximum absolute atomic E-state index is 12.3. The fourth-order valence-corrected chi connectivity index (χ4v) is 1.84. The van der Waals surface area contributed by atoms with Gasteiger partial charge in [-0.1, -0.05) is 30.3 Å². The third kappa shape index (κ3) is 3.13. The Kier molecular flexibility index (Phi) is 4.18. The molecule has 98 valence electrons. The number of benzene rings is 2. The lowest BCUT2D eigenvalue weighted by atomic mass is 10.1. The third-order valence-electron chi connectivity index (χ3n) is 2.82. The maximum atomic E-state index is 12.3. The zero-order valence-corrected chi connectivity index (χ0v) is 11.1. The van der Waals surface area contributed by atoms with Crippen molar-refractivity contribution in [3.63, 3.8) is 0 Å². The molecule has 0 fully saturated rings. The molecule has 0 aliphatic heterocycles. The summed E-state index contributed by atoms with van der Waals surface area (Å²) >= 11 is 0. The van der Waals surface area contributed by atoms with E-state index >= 15 is 0 Å². The van der Waals surface area contributed by atoms with Crippen molar-refractivity contribution in [3.05, 3.63) is 59.7 Å². The van der Waals surface area contributed by atoms with Gasteiger partial charge in [-0.2, -0.15) is 0 Å². The molecule has 0 radical (unpaired) electrons. The summed E-state index contributed by atoms with van der Waals surface area (Å²) in [6, 6.07) is 14.9. The normalized spacial score (nSPS) is 10.0. The van der Waals surface area contributed by atoms with Gasteiger partial charge in [-0.3, -0.25) is 4.79 Å². The molecule has 0 bridgehead atoms. The molecule has 0 spiro atoms. The Hall–Kier alpha value is -2.29. The summed E-state index contributed by atoms with van der Waals surface area (Å²) < 4.78 is 5.47. The van der Waals surface area contributed by atoms with E-state index in [0.717, 1.165) is 11.3 Å². The zero-order chi connectivity index (χ0) is 13.7. The quantitative estimate of drug-likeness (QED) is 0.905. The second-order valence-electron chi connectivity index (χ2n) is 4.20. The zero-order valence-electron chi connectivity index (χ0n) is 11.1. The van der Waals surface area contributed by atoms with Crippen molar-refractivity contribution in [2.24, 2.45) is 0 Å². The number of hydrogen-bond acceptors (Lipinski definition) is 2. The van der Waals surface area contributed by atoms with Crippen LogP contribution in [0.3, 0.4) is 0 Å². The van der Waals surface area contributed by atoms with Gasteiger partial charge in [-0.05, 0) is 37.6 Å². The highest BCUT2D eigenvalue weighted by Gasteiger charge is 2.12. The second kappa shape index (κ2) is 6.05. The summed E-state index contributed by atoms with van der Waals surface area (Å²) in [5.41, 5.74) is 2.40. The first-order valence-corrected chi connectivity index (χ1v) is 6.31. The van der Waals surface area contributed by atoms with Crippen molar-refractivity contribution in [3.8, 4) is 5.75 Å². The topological polar surface area (TPSA) is 38.3 Å². The summed E-state index contributed by atoms with van der Waals surface area (Å²) in [4.78, 5) is 12.3. The molecular formula is C16H17NO2. The molecule has 0 unspecified atom stereocenters. The van der Waals surface area contributed by atoms with Crippen LogP contribution in [0.25, 0.3) is 0 Å². The van der Waals surface area contributed by atoms with E-state index in [4.69, 9.17) is 4.74 Å². The number of ether oxygens (including phenoxy) is 1. The van der Waals surface area contributed by atoms with E-state index in [-0.39, 0.29) is 5.91 Å². The van der Waals surface area contributed by atoms with Gasteiger partial charge in [0.15, 0.2) is 0 Å². The van der Waals surface area contributed by atoms with E-state index in [9.17, 15) is 4.79 Å². The molecular weight excluding hydrogens is 238 g/mol. The van der Waals surface area contributed by atoms with Crippen molar-refractivity contribution in [2.75, 3.05) is 11.9 Å². The number of anilines is 1. The highest BCUT2D eigenvalue weighted by Crippen LogP contribution is 2.21. The summed E-state index contributed by atoms with van der Waals surface area (Å²) in [5.74, 6) is 0.453. The summed E-state index contributed by atoms with van der Waals surface area (Å²) in [7, 11) is 0. The molecule has 2 aromatic rings. The molecule has 0 heterocycles. The van der Waals surface area contributed by atoms with Gasteiger partial charge in [0.2, 0.25) is 0 Å². The third-order valence-corrected chi connectivity index (χ3v) is 2.82. The first kappa shape index (κ1) is 13.1. The van der Waals surface area contributed by atoms with Crippen LogP contribution < -0.4 is 10.1 Å². The van der Waals surface area contributed by atoms with E-state index in [2.05, 4.69) is 5.32 Å². The smallest absolute Gasteiger partial charge is 0.259 e. The summed E-state index contributed by atoms with van der Waals surface area (Å²) in [6.07, 6.45) is 0. The summed E-state index contributed by atoms with van der Waals surface area (Å²) in [6.45, 7) is 4.40. The van der Waals surface area contributed by atoms with E-state index in [1.54, 1.807) is 12.1 Å². The van der Waals surface area contributed by atoms with E-state index in [1.807, 2.05) is 50.2 Å². The predicted octanol–water partition coefficient (Wildman–Crippen LogP) is 3.65. The van der Waals surface area contributed by atoms with E-state index in [1.165, 1.54) is 0 Å². The minimum Gasteiger partial charge on any atom is -0.493 e. The number of hydrogen-bond donors (Lipinski definition) is 1. The lowest BCUT2D eigenvalue weighted by molar-refractivity contribution is 0.102. The largest absolute Gasteiger partial charge is 0.493 e. The van der Waals surface area contributed by atoms with Crippen LogP contribution in [0, 0.1) is 6.92 Å². The van der Waals surface area contributed by atoms with Crippen molar-refractivity contribution in [1.82, 2.24) is 0 Å². The van der Waals surface area contributed by atoms with Gasteiger partial charge in [0, 0.05) is 5.69 Å². The SMILES string of the molecule is CCOc1ccccc1C(=O)Nc1ccccc1C. The van der Waals surface area contributed by atoms with Crippen LogP contribution in [0.1, 0.15) is 22.8 Å². The van der Waals surface area contributed by atoms with Crippen LogP contribution in [-0.2, 0) is 0 Å². The number of aryl methyl sites for hydroxylation is 1. The second-order valence-corrected chi connectivity index (χ2v) is 4.20. The fraction of sp³-hybridized carbons (Fsp3) is 0.188. The van der Waals surface area contributed by atoms with Gasteiger partial charge in [0.05, 0.1) is 12.2 Å². The monoisotopic (exact) mass is 255 g/mol. The van der Waals surface area contributed by atoms with Gasteiger partial charge in [0.25, 0.3) is 5.91 Å². The number of carbonyl (C=O) groups excluding carboxylic acids is 1. The molecule has 0 aliphatic carbocycles. The molecule has 0 saturated heterocycles. The predicted molar refractivity (Wildman–Crippen MR) is 76.7 cm³/mol. The van der Waals surface area contributed by atoms with Crippen LogP contribution in [0.2, 0.25) is 0 Å². The molecule has 3 heteroatoms. The number of carbonyl (C=O) groups is 1. The van der Waals surface area contributed by atoms with Crippen LogP contribution in [0.4, 0.5) is 5.69 Å². The van der Waals surface area contributed by atoms with Crippen LogP contribution >= 0.6 is 0 Å². The Labute approximate surface area is 113 Å². The van der Waals surface area contributed by atoms with Gasteiger partial charge >= 0.3 is 0 Å². The molecule has 1 N–H and O–H groups in total. The highest BCUT2D eigenvalue weighted by atomic mass is 16.5. The number of nitrogens with one attached hydrogen (secondary N) is 1. The van der Waals surface area contributed by atoms with Gasteiger partial charge in [0.1, 0.15) is 5.75 Å². The molecule has 19 heavy (non-hydrogen) atoms. The lowest BCUT2D eigenvalue weighted by Crippen LogP contribution is -2.14. The van der Waals surface area contributed by atoms with E-state index < -0.39 is 0 Å². The Balaban J connectivity index is 2.23. The fourth-order valence-electron chi connectivity index (χ4n) is 1.84. The highest BCUT2D eigenvalue weighted by molar-refractivity contribution is 6.06. The van der Waals surface area contributed by atoms with Crippen LogP contribution in [-0.4, -0.2) is 12.5 Å². The molecule has 0 atom stereocenters. The number of amides is 1. The Morgan fingerprint density at radius 2 is 1.79 bits per heavy atom. The Bertz CT molecular complexity index is 578. The maximum Gasteiger partial charge on any atom is 0.259 e. The first-order chi connectivity index (χ1) is 9.22. The molecule has 2 rings (SSSR count). The average Bonchev–Trinajstić information content (AvgIpc) is 2.42. The first-order valence-electron chi connectivity index (χ1n) is 6.31. The molecule has 0 saturated carbocycles. The van der Waals surface area contributed by atoms with Gasteiger partial charge in [-0.25, -0.2) is 0 Å². The summed E-state index contributed by atoms with van der Waals surface area (Å²) in [5, 5.41) is 2.91. The number of para-hydroxylation sites is 2. The molecule has 0 aromatic heterocycles. The van der Waals surface area contributed by atoms with Crippen molar-refractivity contribution >= 4 is 11.6 Å². The average molecular weight is 255 g/mol. The molecule has 1 amide bonds. The van der Waals surface area contributed by atoms with Gasteiger partial charge in [-0.15, -0.1) is 0 Å². The van der Waals surface area contributed by atoms with Crippen molar-refractivity contribution in [1.29, 1.82) is 0 Å². The van der Waals surface area contributed by atoms with Crippen molar-refractivity contribution in [2.45, 2.75) is 13.8 Å². The minimum absolute atomic E-state index is 0.154. The van der Waals surface area contributed by atoms with Crippen molar-refractivity contribution < 1.29 is 9.53 Å². The molecule has 3 nitrogen and oxygen atoms in total. The van der Waals surface area contributed by atoms with E-state index in [0.29, 0.717) is 17.9 Å². The van der Waals surface area contributed by atoms with Gasteiger partial charge < -0.3 is 10.1 Å². The van der Waals surface area contributed by atoms with Crippen LogP contribution in [0.5, 0.6) is 5.75 Å².